The van der Waals surface area contributed by atoms with Gasteiger partial charge in [-0.05, 0) is 19.1 Å². The normalized spacial score (nSPS) is 14.0. The monoisotopic (exact) mass is 421 g/mol. The van der Waals surface area contributed by atoms with Gasteiger partial charge in [0.1, 0.15) is 11.5 Å². The highest BCUT2D eigenvalue weighted by molar-refractivity contribution is 5.93. The van der Waals surface area contributed by atoms with Crippen molar-refractivity contribution in [3.05, 3.63) is 59.8 Å². The summed E-state index contributed by atoms with van der Waals surface area (Å²) in [5, 5.41) is 7.60. The maximum absolute atomic E-state index is 12.9. The zero-order valence-electron chi connectivity index (χ0n) is 18.1. The maximum Gasteiger partial charge on any atom is 0.270 e. The number of nitrogens with one attached hydrogen (secondary N) is 1. The Hall–Kier alpha value is -3.62. The molecule has 1 saturated heterocycles. The zero-order chi connectivity index (χ0) is 22.0. The van der Waals surface area contributed by atoms with Crippen LogP contribution in [0.25, 0.3) is 5.69 Å². The van der Waals surface area contributed by atoms with Crippen LogP contribution in [-0.2, 0) is 18.4 Å². The minimum atomic E-state index is -0.197. The van der Waals surface area contributed by atoms with E-state index in [4.69, 9.17) is 0 Å². The number of amides is 2. The largest absolute Gasteiger partial charge is 0.353 e. The first-order valence-electron chi connectivity index (χ1n) is 10.3. The van der Waals surface area contributed by atoms with Crippen molar-refractivity contribution in [3.63, 3.8) is 0 Å². The Balaban J connectivity index is 1.50. The Morgan fingerprint density at radius 3 is 2.48 bits per heavy atom. The molecule has 1 fully saturated rings. The fraction of sp³-hybridized carbons (Fsp3) is 0.364. The number of carbonyl (C=O) groups excluding carboxylic acids is 2. The summed E-state index contributed by atoms with van der Waals surface area (Å²) < 4.78 is 3.63. The first kappa shape index (κ1) is 20.6. The number of nitrogens with zero attached hydrogens (tertiary/aromatic N) is 6. The highest BCUT2D eigenvalue weighted by atomic mass is 16.2. The third kappa shape index (κ3) is 4.16. The lowest BCUT2D eigenvalue weighted by molar-refractivity contribution is -0.129. The number of para-hydroxylation sites is 1. The highest BCUT2D eigenvalue weighted by Gasteiger charge is 2.25. The molecule has 0 saturated carbocycles. The van der Waals surface area contributed by atoms with Crippen LogP contribution in [-0.4, -0.2) is 62.2 Å². The second kappa shape index (κ2) is 8.63. The van der Waals surface area contributed by atoms with Crippen molar-refractivity contribution in [2.45, 2.75) is 20.4 Å². The van der Waals surface area contributed by atoms with Gasteiger partial charge in [0.05, 0.1) is 18.2 Å². The maximum atomic E-state index is 12.9. The molecule has 162 valence electrons. The molecule has 1 aliphatic heterocycles. The van der Waals surface area contributed by atoms with E-state index in [1.807, 2.05) is 53.9 Å². The third-order valence-corrected chi connectivity index (χ3v) is 5.67. The van der Waals surface area contributed by atoms with E-state index < -0.39 is 0 Å². The van der Waals surface area contributed by atoms with Crippen LogP contribution in [0.15, 0.2) is 42.9 Å². The standard InChI is InChI=1S/C22H27N7O2/c1-16-19(22(26(3)25-16)28-11-9-27(10-12-28)17(2)30)13-24-21(31)20-14-23-15-29(20)18-7-5-4-6-8-18/h4-8,14-15H,9-13H2,1-3H3,(H,24,31). The molecular weight excluding hydrogens is 394 g/mol. The molecule has 2 aromatic heterocycles. The summed E-state index contributed by atoms with van der Waals surface area (Å²) in [5.74, 6) is 0.887. The first-order chi connectivity index (χ1) is 15.0. The summed E-state index contributed by atoms with van der Waals surface area (Å²) >= 11 is 0. The van der Waals surface area contributed by atoms with Crippen LogP contribution in [0.3, 0.4) is 0 Å². The van der Waals surface area contributed by atoms with Crippen molar-refractivity contribution < 1.29 is 9.59 Å². The van der Waals surface area contributed by atoms with Gasteiger partial charge in [0.25, 0.3) is 5.91 Å². The second-order valence-electron chi connectivity index (χ2n) is 7.67. The van der Waals surface area contributed by atoms with E-state index in [9.17, 15) is 9.59 Å². The summed E-state index contributed by atoms with van der Waals surface area (Å²) in [6.07, 6.45) is 3.21. The van der Waals surface area contributed by atoms with Gasteiger partial charge in [0.15, 0.2) is 0 Å². The fourth-order valence-corrected chi connectivity index (χ4v) is 4.04. The van der Waals surface area contributed by atoms with E-state index in [0.717, 1.165) is 35.9 Å². The van der Waals surface area contributed by atoms with E-state index >= 15 is 0 Å². The molecule has 1 aliphatic rings. The molecule has 0 unspecified atom stereocenters. The molecule has 3 aromatic rings. The van der Waals surface area contributed by atoms with Crippen molar-refractivity contribution in [2.24, 2.45) is 7.05 Å². The van der Waals surface area contributed by atoms with Crippen LogP contribution in [0.2, 0.25) is 0 Å². The van der Waals surface area contributed by atoms with Crippen LogP contribution in [0, 0.1) is 6.92 Å². The van der Waals surface area contributed by atoms with Crippen LogP contribution in [0.1, 0.15) is 28.7 Å². The van der Waals surface area contributed by atoms with E-state index in [0.29, 0.717) is 25.3 Å². The number of piperazine rings is 1. The summed E-state index contributed by atoms with van der Waals surface area (Å²) in [7, 11) is 1.91. The lowest BCUT2D eigenvalue weighted by Gasteiger charge is -2.36. The van der Waals surface area contributed by atoms with Gasteiger partial charge < -0.3 is 15.1 Å². The number of aromatic nitrogens is 4. The van der Waals surface area contributed by atoms with E-state index in [2.05, 4.69) is 20.3 Å². The molecule has 3 heterocycles. The average Bonchev–Trinajstić information content (AvgIpc) is 3.37. The lowest BCUT2D eigenvalue weighted by Crippen LogP contribution is -2.49. The molecule has 9 heteroatoms. The van der Waals surface area contributed by atoms with E-state index in [1.165, 1.54) is 0 Å². The predicted molar refractivity (Wildman–Crippen MR) is 117 cm³/mol. The Labute approximate surface area is 181 Å². The minimum absolute atomic E-state index is 0.100. The fourth-order valence-electron chi connectivity index (χ4n) is 4.04. The Kier molecular flexibility index (Phi) is 5.75. The van der Waals surface area contributed by atoms with Gasteiger partial charge in [0, 0.05) is 57.9 Å². The van der Waals surface area contributed by atoms with Gasteiger partial charge >= 0.3 is 0 Å². The molecule has 4 rings (SSSR count). The Bertz CT molecular complexity index is 1080. The topological polar surface area (TPSA) is 88.3 Å². The van der Waals surface area contributed by atoms with Crippen molar-refractivity contribution in [1.29, 1.82) is 0 Å². The molecule has 9 nitrogen and oxygen atoms in total. The second-order valence-corrected chi connectivity index (χ2v) is 7.67. The van der Waals surface area contributed by atoms with Crippen molar-refractivity contribution in [2.75, 3.05) is 31.1 Å². The van der Waals surface area contributed by atoms with Crippen LogP contribution < -0.4 is 10.2 Å². The van der Waals surface area contributed by atoms with Crippen LogP contribution >= 0.6 is 0 Å². The highest BCUT2D eigenvalue weighted by Crippen LogP contribution is 2.24. The van der Waals surface area contributed by atoms with Crippen molar-refractivity contribution in [1.82, 2.24) is 29.5 Å². The number of aryl methyl sites for hydroxylation is 2. The molecule has 0 bridgehead atoms. The molecule has 0 radical (unpaired) electrons. The van der Waals surface area contributed by atoms with Gasteiger partial charge in [-0.15, -0.1) is 0 Å². The molecule has 31 heavy (non-hydrogen) atoms. The minimum Gasteiger partial charge on any atom is -0.353 e. The first-order valence-corrected chi connectivity index (χ1v) is 10.3. The molecule has 0 spiro atoms. The Morgan fingerprint density at radius 2 is 1.81 bits per heavy atom. The van der Waals surface area contributed by atoms with Gasteiger partial charge in [-0.25, -0.2) is 4.98 Å². The van der Waals surface area contributed by atoms with Gasteiger partial charge in [-0.1, -0.05) is 18.2 Å². The summed E-state index contributed by atoms with van der Waals surface area (Å²) in [6.45, 7) is 6.75. The molecule has 1 aromatic carbocycles. The lowest BCUT2D eigenvalue weighted by atomic mass is 10.2. The molecular formula is C22H27N7O2. The number of hydrogen-bond acceptors (Lipinski definition) is 5. The van der Waals surface area contributed by atoms with Gasteiger partial charge in [0.2, 0.25) is 5.91 Å². The quantitative estimate of drug-likeness (QED) is 0.675. The average molecular weight is 422 g/mol. The number of rotatable bonds is 5. The molecule has 0 aliphatic carbocycles. The number of imidazole rings is 1. The van der Waals surface area contributed by atoms with Gasteiger partial charge in [-0.2, -0.15) is 5.10 Å². The summed E-state index contributed by atoms with van der Waals surface area (Å²) in [4.78, 5) is 32.8. The molecule has 2 amide bonds. The SMILES string of the molecule is CC(=O)N1CCN(c2c(CNC(=O)c3cncn3-c3ccccc3)c(C)nn2C)CC1. The van der Waals surface area contributed by atoms with Crippen LogP contribution in [0.5, 0.6) is 0 Å². The van der Waals surface area contributed by atoms with Gasteiger partial charge in [-0.3, -0.25) is 18.8 Å². The summed E-state index contributed by atoms with van der Waals surface area (Å²) in [5.41, 5.74) is 3.22. The van der Waals surface area contributed by atoms with Crippen LogP contribution in [0.4, 0.5) is 5.82 Å². The third-order valence-electron chi connectivity index (χ3n) is 5.67. The van der Waals surface area contributed by atoms with Crippen molar-refractivity contribution >= 4 is 17.6 Å². The molecule has 0 atom stereocenters. The Morgan fingerprint density at radius 1 is 1.10 bits per heavy atom. The summed E-state index contributed by atoms with van der Waals surface area (Å²) in [6, 6.07) is 9.65. The molecule has 1 N–H and O–H groups in total. The van der Waals surface area contributed by atoms with Crippen molar-refractivity contribution in [3.8, 4) is 5.69 Å². The zero-order valence-corrected chi connectivity index (χ0v) is 18.1. The van der Waals surface area contributed by atoms with E-state index in [-0.39, 0.29) is 11.8 Å². The number of benzene rings is 1. The number of carbonyl (C=O) groups is 2. The smallest absolute Gasteiger partial charge is 0.270 e. The predicted octanol–water partition coefficient (Wildman–Crippen LogP) is 1.51. The van der Waals surface area contributed by atoms with E-state index in [1.54, 1.807) is 24.0 Å². The number of anilines is 1. The number of hydrogen-bond donors (Lipinski definition) is 1.